The molecule has 0 amide bonds. The van der Waals surface area contributed by atoms with E-state index in [4.69, 9.17) is 9.84 Å². The number of aryl methyl sites for hydroxylation is 1. The smallest absolute Gasteiger partial charge is 0.227 e. The second-order valence-corrected chi connectivity index (χ2v) is 7.79. The van der Waals surface area contributed by atoms with E-state index in [0.717, 1.165) is 64.4 Å². The van der Waals surface area contributed by atoms with Crippen LogP contribution in [0.5, 0.6) is 5.75 Å². The van der Waals surface area contributed by atoms with Gasteiger partial charge in [0.2, 0.25) is 5.69 Å². The van der Waals surface area contributed by atoms with E-state index < -0.39 is 5.03 Å². The number of unbranched alkanes of at least 4 members (excludes halogenated alkanes) is 3. The molecule has 1 aromatic heterocycles. The highest BCUT2D eigenvalue weighted by atomic mass is 16.7. The number of para-hydroxylation sites is 3. The Bertz CT molecular complexity index is 1310. The topological polar surface area (TPSA) is 102 Å². The van der Waals surface area contributed by atoms with Gasteiger partial charge in [0.25, 0.3) is 0 Å². The lowest BCUT2D eigenvalue weighted by Crippen LogP contribution is -2.00. The van der Waals surface area contributed by atoms with E-state index in [1.165, 1.54) is 0 Å². The molecule has 33 heavy (non-hydrogen) atoms. The molecule has 0 fully saturated rings. The van der Waals surface area contributed by atoms with Crippen LogP contribution in [0, 0.1) is 10.1 Å². The van der Waals surface area contributed by atoms with Crippen molar-refractivity contribution in [2.24, 2.45) is 10.3 Å². The number of aromatic nitrogens is 1. The van der Waals surface area contributed by atoms with E-state index >= 15 is 0 Å². The van der Waals surface area contributed by atoms with E-state index in [1.54, 1.807) is 13.2 Å². The minimum absolute atomic E-state index is 0.193. The molecule has 4 aromatic rings. The van der Waals surface area contributed by atoms with Gasteiger partial charge in [-0.15, -0.1) is 0 Å². The summed E-state index contributed by atoms with van der Waals surface area (Å²) in [6.45, 7) is 0.904. The molecule has 4 rings (SSSR count). The Kier molecular flexibility index (Phi) is 6.95. The molecule has 0 unspecified atom stereocenters. The fourth-order valence-electron chi connectivity index (χ4n) is 4.40. The first-order valence-electron chi connectivity index (χ1n) is 11.0. The average molecular weight is 447 g/mol. The third kappa shape index (κ3) is 4.56. The van der Waals surface area contributed by atoms with Gasteiger partial charge in [-0.2, -0.15) is 0 Å². The lowest BCUT2D eigenvalue weighted by molar-refractivity contribution is -0.493. The normalized spacial score (nSPS) is 11.6. The van der Waals surface area contributed by atoms with Gasteiger partial charge in [-0.25, -0.2) is 0 Å². The maximum atomic E-state index is 10.9. The summed E-state index contributed by atoms with van der Waals surface area (Å²) < 4.78 is 7.83. The Morgan fingerprint density at radius 1 is 0.909 bits per heavy atom. The van der Waals surface area contributed by atoms with Crippen LogP contribution >= 0.6 is 0 Å². The molecule has 0 saturated carbocycles. The van der Waals surface area contributed by atoms with Gasteiger partial charge in [0, 0.05) is 35.1 Å². The molecule has 0 radical (unpaired) electrons. The van der Waals surface area contributed by atoms with Crippen molar-refractivity contribution in [1.29, 1.82) is 0 Å². The first kappa shape index (κ1) is 22.4. The monoisotopic (exact) mass is 446 g/mol. The number of nitrogens with zero attached hydrogens (tertiary/aromatic N) is 4. The fraction of sp³-hybridized carbons (Fsp3) is 0.280. The number of hydrogen-bond acceptors (Lipinski definition) is 5. The zero-order chi connectivity index (χ0) is 23.2. The largest absolute Gasteiger partial charge is 0.496 e. The van der Waals surface area contributed by atoms with E-state index in [9.17, 15) is 10.1 Å². The first-order chi connectivity index (χ1) is 16.2. The summed E-state index contributed by atoms with van der Waals surface area (Å²) in [5.41, 5.74) is 4.31. The summed E-state index contributed by atoms with van der Waals surface area (Å²) in [4.78, 5) is 10.9. The van der Waals surface area contributed by atoms with Crippen LogP contribution in [0.4, 0.5) is 5.69 Å². The predicted octanol–water partition coefficient (Wildman–Crippen LogP) is 6.30. The summed E-state index contributed by atoms with van der Waals surface area (Å²) in [5, 5.41) is 28.3. The summed E-state index contributed by atoms with van der Waals surface area (Å²) in [5.74, 6) is 0.776. The number of benzene rings is 3. The highest BCUT2D eigenvalue weighted by Crippen LogP contribution is 2.41. The number of nitro groups is 1. The second kappa shape index (κ2) is 10.2. The minimum Gasteiger partial charge on any atom is -0.496 e. The maximum absolute atomic E-state index is 10.9. The Morgan fingerprint density at radius 3 is 2.36 bits per heavy atom. The lowest BCUT2D eigenvalue weighted by Gasteiger charge is -2.13. The zero-order valence-electron chi connectivity index (χ0n) is 18.5. The summed E-state index contributed by atoms with van der Waals surface area (Å²) >= 11 is 0. The SMILES string of the molecule is COc1ccccc1-c1cccc2c3cccc(N=N[N+](=O)[O-])c3n(CCCCCCO)c12. The number of hydrogen-bond donors (Lipinski definition) is 1. The molecule has 8 heteroatoms. The highest BCUT2D eigenvalue weighted by Gasteiger charge is 2.20. The van der Waals surface area contributed by atoms with Gasteiger partial charge in [0.1, 0.15) is 11.3 Å². The van der Waals surface area contributed by atoms with Crippen LogP contribution < -0.4 is 4.74 Å². The number of methoxy groups -OCH3 is 1. The maximum Gasteiger partial charge on any atom is 0.227 e. The van der Waals surface area contributed by atoms with Gasteiger partial charge in [0.15, 0.2) is 5.22 Å². The molecule has 8 nitrogen and oxygen atoms in total. The van der Waals surface area contributed by atoms with Crippen molar-refractivity contribution in [3.05, 3.63) is 70.8 Å². The molecule has 3 aromatic carbocycles. The highest BCUT2D eigenvalue weighted by molar-refractivity contribution is 6.15. The van der Waals surface area contributed by atoms with E-state index in [-0.39, 0.29) is 6.61 Å². The van der Waals surface area contributed by atoms with Crippen molar-refractivity contribution in [3.63, 3.8) is 0 Å². The molecule has 0 bridgehead atoms. The molecule has 0 aliphatic heterocycles. The number of rotatable bonds is 10. The van der Waals surface area contributed by atoms with Gasteiger partial charge in [-0.1, -0.05) is 61.4 Å². The molecule has 170 valence electrons. The molecule has 0 aliphatic rings. The molecule has 1 N–H and O–H groups in total. The zero-order valence-corrected chi connectivity index (χ0v) is 18.5. The third-order valence-corrected chi connectivity index (χ3v) is 5.79. The van der Waals surface area contributed by atoms with Gasteiger partial charge in [0.05, 0.1) is 22.8 Å². The van der Waals surface area contributed by atoms with Gasteiger partial charge in [-0.05, 0) is 25.0 Å². The molecular formula is C25H26N4O4. The predicted molar refractivity (Wildman–Crippen MR) is 128 cm³/mol. The van der Waals surface area contributed by atoms with Gasteiger partial charge in [-0.3, -0.25) is 0 Å². The quantitative estimate of drug-likeness (QED) is 0.134. The molecule has 0 aliphatic carbocycles. The Hall–Kier alpha value is -3.78. The van der Waals surface area contributed by atoms with E-state index in [1.807, 2.05) is 42.5 Å². The Morgan fingerprint density at radius 2 is 1.61 bits per heavy atom. The van der Waals surface area contributed by atoms with Crippen molar-refractivity contribution in [2.45, 2.75) is 32.2 Å². The fourth-order valence-corrected chi connectivity index (χ4v) is 4.40. The first-order valence-corrected chi connectivity index (χ1v) is 11.0. The van der Waals surface area contributed by atoms with Crippen LogP contribution in [0.25, 0.3) is 32.9 Å². The van der Waals surface area contributed by atoms with E-state index in [0.29, 0.717) is 12.2 Å². The molecule has 1 heterocycles. The van der Waals surface area contributed by atoms with Crippen LogP contribution in [-0.2, 0) is 6.54 Å². The number of ether oxygens (including phenoxy) is 1. The van der Waals surface area contributed by atoms with Gasteiger partial charge >= 0.3 is 0 Å². The molecular weight excluding hydrogens is 420 g/mol. The third-order valence-electron chi connectivity index (χ3n) is 5.79. The second-order valence-electron chi connectivity index (χ2n) is 7.79. The molecule has 0 atom stereocenters. The molecule has 0 saturated heterocycles. The van der Waals surface area contributed by atoms with Crippen LogP contribution in [0.3, 0.4) is 0 Å². The minimum atomic E-state index is -0.791. The number of aliphatic hydroxyl groups is 1. The Balaban J connectivity index is 1.97. The summed E-state index contributed by atoms with van der Waals surface area (Å²) in [6, 6.07) is 19.6. The van der Waals surface area contributed by atoms with Crippen molar-refractivity contribution in [2.75, 3.05) is 13.7 Å². The standard InChI is InChI=1S/C25H26N4O4/c1-33-23-15-5-4-10-18(23)19-11-8-12-20-21-13-9-14-22(26-27-29(31)32)25(21)28(24(19)20)16-6-2-3-7-17-30/h4-5,8-15,30H,2-3,6-7,16-17H2,1H3. The van der Waals surface area contributed by atoms with Crippen LogP contribution in [0.1, 0.15) is 25.7 Å². The van der Waals surface area contributed by atoms with Crippen molar-refractivity contribution in [1.82, 2.24) is 4.57 Å². The summed E-state index contributed by atoms with van der Waals surface area (Å²) in [6.07, 6.45) is 3.60. The van der Waals surface area contributed by atoms with Crippen molar-refractivity contribution in [3.8, 4) is 16.9 Å². The Labute approximate surface area is 191 Å². The molecule has 0 spiro atoms. The average Bonchev–Trinajstić information content (AvgIpc) is 3.17. The van der Waals surface area contributed by atoms with Crippen LogP contribution in [0.15, 0.2) is 71.0 Å². The number of aliphatic hydroxyl groups excluding tert-OH is 1. The van der Waals surface area contributed by atoms with Crippen molar-refractivity contribution >= 4 is 27.5 Å². The number of fused-ring (bicyclic) bond motifs is 3. The van der Waals surface area contributed by atoms with Crippen LogP contribution in [0.2, 0.25) is 0 Å². The summed E-state index contributed by atoms with van der Waals surface area (Å²) in [7, 11) is 1.66. The van der Waals surface area contributed by atoms with Gasteiger partial charge < -0.3 is 24.5 Å². The lowest BCUT2D eigenvalue weighted by atomic mass is 10.0. The van der Waals surface area contributed by atoms with Crippen LogP contribution in [-0.4, -0.2) is 28.4 Å². The van der Waals surface area contributed by atoms with Crippen molar-refractivity contribution < 1.29 is 14.9 Å². The van der Waals surface area contributed by atoms with E-state index in [2.05, 4.69) is 27.0 Å².